The summed E-state index contributed by atoms with van der Waals surface area (Å²) in [6, 6.07) is 18.3. The van der Waals surface area contributed by atoms with Gasteiger partial charge in [-0.3, -0.25) is 9.59 Å². The Morgan fingerprint density at radius 3 is 2.51 bits per heavy atom. The summed E-state index contributed by atoms with van der Waals surface area (Å²) < 4.78 is 5.88. The number of ketones is 1. The zero-order chi connectivity index (χ0) is 24.9. The van der Waals surface area contributed by atoms with E-state index in [2.05, 4.69) is 6.07 Å². The van der Waals surface area contributed by atoms with Crippen LogP contribution in [0, 0.1) is 6.92 Å². The second-order valence-electron chi connectivity index (χ2n) is 8.97. The number of carbonyl (C=O) groups is 2. The molecular formula is C28H30N2O4S. The highest BCUT2D eigenvalue weighted by Gasteiger charge is 2.46. The fourth-order valence-electron chi connectivity index (χ4n) is 4.24. The number of rotatable bonds is 9. The first-order chi connectivity index (χ1) is 16.8. The van der Waals surface area contributed by atoms with Gasteiger partial charge >= 0.3 is 0 Å². The first-order valence-corrected chi connectivity index (χ1v) is 12.5. The molecule has 0 spiro atoms. The quantitative estimate of drug-likeness (QED) is 0.259. The molecule has 1 fully saturated rings. The number of thiophene rings is 1. The zero-order valence-electron chi connectivity index (χ0n) is 20.2. The molecule has 182 valence electrons. The Kier molecular flexibility index (Phi) is 7.68. The van der Waals surface area contributed by atoms with E-state index in [0.29, 0.717) is 24.5 Å². The van der Waals surface area contributed by atoms with Crippen molar-refractivity contribution in [2.45, 2.75) is 26.0 Å². The average Bonchev–Trinajstić information content (AvgIpc) is 3.45. The SMILES string of the molecule is Cc1cccc(COc2ccc(C(O)=C3C(=O)C(=O)N(CCCN(C)C)[C@H]3c3cccs3)cc2)c1. The summed E-state index contributed by atoms with van der Waals surface area (Å²) in [5, 5.41) is 13.1. The number of carbonyl (C=O) groups excluding carboxylic acids is 2. The third-order valence-corrected chi connectivity index (χ3v) is 6.90. The first kappa shape index (κ1) is 24.7. The van der Waals surface area contributed by atoms with Gasteiger partial charge < -0.3 is 19.6 Å². The minimum absolute atomic E-state index is 0.135. The van der Waals surface area contributed by atoms with Gasteiger partial charge in [0.25, 0.3) is 11.7 Å². The molecule has 2 aromatic carbocycles. The molecule has 0 unspecified atom stereocenters. The number of Topliss-reactive ketones (excluding diaryl/α,β-unsaturated/α-hetero) is 1. The molecule has 35 heavy (non-hydrogen) atoms. The number of hydrogen-bond acceptors (Lipinski definition) is 6. The molecular weight excluding hydrogens is 460 g/mol. The topological polar surface area (TPSA) is 70.1 Å². The van der Waals surface area contributed by atoms with Crippen molar-refractivity contribution in [2.75, 3.05) is 27.2 Å². The summed E-state index contributed by atoms with van der Waals surface area (Å²) in [4.78, 5) is 30.5. The summed E-state index contributed by atoms with van der Waals surface area (Å²) in [6.07, 6.45) is 0.731. The van der Waals surface area contributed by atoms with E-state index in [1.807, 2.05) is 61.6 Å². The fraction of sp³-hybridized carbons (Fsp3) is 0.286. The highest BCUT2D eigenvalue weighted by atomic mass is 32.1. The minimum Gasteiger partial charge on any atom is -0.507 e. The molecule has 0 radical (unpaired) electrons. The van der Waals surface area contributed by atoms with Gasteiger partial charge in [-0.25, -0.2) is 0 Å². The largest absolute Gasteiger partial charge is 0.507 e. The normalized spacial score (nSPS) is 17.4. The molecule has 7 heteroatoms. The number of benzene rings is 2. The van der Waals surface area contributed by atoms with E-state index in [9.17, 15) is 14.7 Å². The van der Waals surface area contributed by atoms with E-state index in [1.165, 1.54) is 16.9 Å². The molecule has 2 heterocycles. The van der Waals surface area contributed by atoms with Gasteiger partial charge in [-0.05, 0) is 75.3 Å². The second kappa shape index (κ2) is 10.9. The van der Waals surface area contributed by atoms with Gasteiger partial charge in [-0.15, -0.1) is 11.3 Å². The Bertz CT molecular complexity index is 1220. The molecule has 6 nitrogen and oxygen atoms in total. The minimum atomic E-state index is -0.648. The summed E-state index contributed by atoms with van der Waals surface area (Å²) in [7, 11) is 3.94. The molecule has 1 saturated heterocycles. The van der Waals surface area contributed by atoms with E-state index in [4.69, 9.17) is 4.74 Å². The predicted molar refractivity (Wildman–Crippen MR) is 138 cm³/mol. The summed E-state index contributed by atoms with van der Waals surface area (Å²) >= 11 is 1.47. The maximum absolute atomic E-state index is 13.0. The van der Waals surface area contributed by atoms with Crippen LogP contribution < -0.4 is 4.74 Å². The van der Waals surface area contributed by atoms with Crippen LogP contribution in [-0.2, 0) is 16.2 Å². The maximum atomic E-state index is 13.0. The lowest BCUT2D eigenvalue weighted by atomic mass is 10.00. The zero-order valence-corrected chi connectivity index (χ0v) is 21.0. The lowest BCUT2D eigenvalue weighted by Gasteiger charge is -2.24. The lowest BCUT2D eigenvalue weighted by molar-refractivity contribution is -0.139. The molecule has 1 aliphatic rings. The van der Waals surface area contributed by atoms with Crippen LogP contribution in [0.25, 0.3) is 5.76 Å². The smallest absolute Gasteiger partial charge is 0.295 e. The van der Waals surface area contributed by atoms with Crippen molar-refractivity contribution in [3.8, 4) is 5.75 Å². The Hall–Kier alpha value is -3.42. The van der Waals surface area contributed by atoms with Crippen LogP contribution in [-0.4, -0.2) is 53.8 Å². The second-order valence-corrected chi connectivity index (χ2v) is 9.95. The number of amides is 1. The van der Waals surface area contributed by atoms with Crippen LogP contribution in [0.5, 0.6) is 5.75 Å². The van der Waals surface area contributed by atoms with Crippen molar-refractivity contribution < 1.29 is 19.4 Å². The number of aliphatic hydroxyl groups is 1. The van der Waals surface area contributed by atoms with E-state index in [1.54, 1.807) is 29.2 Å². The van der Waals surface area contributed by atoms with E-state index in [-0.39, 0.29) is 11.3 Å². The number of aryl methyl sites for hydroxylation is 1. The average molecular weight is 491 g/mol. The van der Waals surface area contributed by atoms with Crippen molar-refractivity contribution >= 4 is 28.8 Å². The third kappa shape index (κ3) is 5.63. The molecule has 1 aromatic heterocycles. The van der Waals surface area contributed by atoms with E-state index in [0.717, 1.165) is 23.4 Å². The van der Waals surface area contributed by atoms with Gasteiger partial charge in [0, 0.05) is 17.0 Å². The van der Waals surface area contributed by atoms with Crippen molar-refractivity contribution in [3.63, 3.8) is 0 Å². The predicted octanol–water partition coefficient (Wildman–Crippen LogP) is 5.01. The van der Waals surface area contributed by atoms with Crippen LogP contribution in [0.2, 0.25) is 0 Å². The molecule has 1 N–H and O–H groups in total. The van der Waals surface area contributed by atoms with Gasteiger partial charge in [0.15, 0.2) is 0 Å². The van der Waals surface area contributed by atoms with E-state index >= 15 is 0 Å². The van der Waals surface area contributed by atoms with Crippen molar-refractivity contribution in [3.05, 3.63) is 93.2 Å². The van der Waals surface area contributed by atoms with Crippen molar-refractivity contribution in [2.24, 2.45) is 0 Å². The molecule has 0 aliphatic carbocycles. The highest BCUT2D eigenvalue weighted by molar-refractivity contribution is 7.10. The number of aliphatic hydroxyl groups excluding tert-OH is 1. The van der Waals surface area contributed by atoms with Crippen LogP contribution in [0.4, 0.5) is 0 Å². The maximum Gasteiger partial charge on any atom is 0.295 e. The fourth-order valence-corrected chi connectivity index (χ4v) is 5.09. The summed E-state index contributed by atoms with van der Waals surface area (Å²) in [5.41, 5.74) is 2.85. The van der Waals surface area contributed by atoms with Crippen LogP contribution >= 0.6 is 11.3 Å². The monoisotopic (exact) mass is 490 g/mol. The molecule has 1 amide bonds. The number of ether oxygens (including phenoxy) is 1. The van der Waals surface area contributed by atoms with Gasteiger partial charge in [0.05, 0.1) is 11.6 Å². The van der Waals surface area contributed by atoms with Crippen LogP contribution in [0.15, 0.2) is 71.6 Å². The van der Waals surface area contributed by atoms with Gasteiger partial charge in [-0.2, -0.15) is 0 Å². The van der Waals surface area contributed by atoms with Gasteiger partial charge in [0.1, 0.15) is 18.1 Å². The molecule has 1 atom stereocenters. The van der Waals surface area contributed by atoms with Gasteiger partial charge in [0.2, 0.25) is 0 Å². The highest BCUT2D eigenvalue weighted by Crippen LogP contribution is 2.41. The van der Waals surface area contributed by atoms with Crippen LogP contribution in [0.3, 0.4) is 0 Å². The summed E-state index contributed by atoms with van der Waals surface area (Å²) in [6.45, 7) is 3.71. The van der Waals surface area contributed by atoms with E-state index < -0.39 is 17.7 Å². The number of likely N-dealkylation sites (tertiary alicyclic amines) is 1. The van der Waals surface area contributed by atoms with Crippen molar-refractivity contribution in [1.82, 2.24) is 9.80 Å². The Morgan fingerprint density at radius 1 is 1.09 bits per heavy atom. The Balaban J connectivity index is 1.58. The van der Waals surface area contributed by atoms with Crippen LogP contribution in [0.1, 0.15) is 34.0 Å². The van der Waals surface area contributed by atoms with Gasteiger partial charge in [-0.1, -0.05) is 35.9 Å². The first-order valence-electron chi connectivity index (χ1n) is 11.6. The third-order valence-electron chi connectivity index (χ3n) is 5.97. The standard InChI is InChI=1S/C28H30N2O4S/c1-19-7-4-8-20(17-19)18-34-22-12-10-21(11-13-22)26(31)24-25(23-9-5-16-35-23)30(28(33)27(24)32)15-6-14-29(2)3/h4-5,7-13,16-17,25,31H,6,14-15,18H2,1-3H3/t25-/m0/s1. The summed E-state index contributed by atoms with van der Waals surface area (Å²) in [5.74, 6) is -0.726. The molecule has 0 bridgehead atoms. The lowest BCUT2D eigenvalue weighted by Crippen LogP contribution is -2.32. The Labute approximate surface area is 210 Å². The molecule has 0 saturated carbocycles. The molecule has 4 rings (SSSR count). The number of hydrogen-bond donors (Lipinski definition) is 1. The Morgan fingerprint density at radius 2 is 1.86 bits per heavy atom. The number of nitrogens with zero attached hydrogens (tertiary/aromatic N) is 2. The molecule has 1 aliphatic heterocycles. The molecule has 3 aromatic rings. The van der Waals surface area contributed by atoms with Crippen molar-refractivity contribution in [1.29, 1.82) is 0 Å².